The van der Waals surface area contributed by atoms with E-state index in [4.69, 9.17) is 9.84 Å². The first-order chi connectivity index (χ1) is 10.3. The minimum atomic E-state index is -1.20. The number of halogens is 1. The second-order valence-corrected chi connectivity index (χ2v) is 5.33. The van der Waals surface area contributed by atoms with Gasteiger partial charge in [-0.2, -0.15) is 0 Å². The van der Waals surface area contributed by atoms with Gasteiger partial charge in [-0.25, -0.2) is 9.18 Å². The molecule has 0 radical (unpaired) electrons. The molecule has 0 bridgehead atoms. The Kier molecular flexibility index (Phi) is 6.24. The van der Waals surface area contributed by atoms with Gasteiger partial charge >= 0.3 is 5.97 Å². The van der Waals surface area contributed by atoms with E-state index < -0.39 is 29.2 Å². The monoisotopic (exact) mass is 309 g/mol. The number of carbonyl (C=O) groups is 2. The van der Waals surface area contributed by atoms with Crippen molar-refractivity contribution < 1.29 is 23.8 Å². The number of amides is 1. The first-order valence-corrected chi connectivity index (χ1v) is 6.77. The van der Waals surface area contributed by atoms with Crippen LogP contribution >= 0.6 is 0 Å². The average molecular weight is 309 g/mol. The van der Waals surface area contributed by atoms with Gasteiger partial charge in [0.05, 0.1) is 18.6 Å². The molecule has 1 rings (SSSR count). The Balaban J connectivity index is 2.83. The Morgan fingerprint density at radius 3 is 2.73 bits per heavy atom. The molecule has 0 saturated carbocycles. The van der Waals surface area contributed by atoms with Crippen molar-refractivity contribution in [1.29, 1.82) is 0 Å². The number of carboxylic acid groups (broad SMARTS) is 1. The molecule has 1 aromatic carbocycles. The summed E-state index contributed by atoms with van der Waals surface area (Å²) in [5.41, 5.74) is -0.616. The molecule has 0 aromatic heterocycles. The molecular weight excluding hydrogens is 289 g/mol. The fraction of sp³-hybridized carbons (Fsp3) is 0.375. The van der Waals surface area contributed by atoms with Crippen LogP contribution in [0.4, 0.5) is 4.39 Å². The summed E-state index contributed by atoms with van der Waals surface area (Å²) in [6, 6.07) is 4.47. The summed E-state index contributed by atoms with van der Waals surface area (Å²) >= 11 is 0. The van der Waals surface area contributed by atoms with Gasteiger partial charge in [0.2, 0.25) is 5.91 Å². The molecule has 1 amide bonds. The van der Waals surface area contributed by atoms with Crippen molar-refractivity contribution in [3.05, 3.63) is 48.3 Å². The third-order valence-corrected chi connectivity index (χ3v) is 3.24. The molecule has 1 aromatic rings. The number of benzene rings is 1. The lowest BCUT2D eigenvalue weighted by atomic mass is 9.83. The van der Waals surface area contributed by atoms with E-state index in [2.05, 4.69) is 11.9 Å². The molecule has 0 saturated heterocycles. The fourth-order valence-electron chi connectivity index (χ4n) is 1.79. The number of ether oxygens (including phenoxy) is 1. The Hall–Kier alpha value is -2.21. The maximum absolute atomic E-state index is 13.3. The zero-order valence-electron chi connectivity index (χ0n) is 12.6. The van der Waals surface area contributed by atoms with Crippen molar-refractivity contribution in [2.45, 2.75) is 25.3 Å². The lowest BCUT2D eigenvalue weighted by Crippen LogP contribution is -2.50. The number of hydrogen-bond donors (Lipinski definition) is 2. The van der Waals surface area contributed by atoms with Crippen molar-refractivity contribution >= 4 is 11.9 Å². The fourth-order valence-corrected chi connectivity index (χ4v) is 1.79. The van der Waals surface area contributed by atoms with Crippen LogP contribution < -0.4 is 5.32 Å². The van der Waals surface area contributed by atoms with Gasteiger partial charge in [-0.1, -0.05) is 18.2 Å². The Bertz CT molecular complexity index is 557. The normalized spacial score (nSPS) is 12.5. The topological polar surface area (TPSA) is 75.6 Å². The van der Waals surface area contributed by atoms with E-state index in [0.717, 1.165) is 0 Å². The predicted octanol–water partition coefficient (Wildman–Crippen LogP) is 1.88. The standard InChI is InChI=1S/C16H20FNO4/c1-4-8-22-10-13(14(19)20)18-15(21)16(2,3)11-6-5-7-12(17)9-11/h4-7,9,13H,1,8,10H2,2-3H3,(H,18,21)(H,19,20). The van der Waals surface area contributed by atoms with Crippen LogP contribution in [0, 0.1) is 5.82 Å². The van der Waals surface area contributed by atoms with E-state index in [9.17, 15) is 14.0 Å². The van der Waals surface area contributed by atoms with Gasteiger partial charge in [-0.15, -0.1) is 6.58 Å². The molecule has 0 aliphatic rings. The van der Waals surface area contributed by atoms with Crippen LogP contribution in [-0.2, 0) is 19.7 Å². The molecule has 0 fully saturated rings. The molecule has 22 heavy (non-hydrogen) atoms. The van der Waals surface area contributed by atoms with Gasteiger partial charge < -0.3 is 15.2 Å². The zero-order valence-corrected chi connectivity index (χ0v) is 12.6. The van der Waals surface area contributed by atoms with E-state index in [1.807, 2.05) is 0 Å². The summed E-state index contributed by atoms with van der Waals surface area (Å²) in [6.07, 6.45) is 1.48. The van der Waals surface area contributed by atoms with Gasteiger partial charge in [0.15, 0.2) is 6.04 Å². The Morgan fingerprint density at radius 1 is 1.50 bits per heavy atom. The Morgan fingerprint density at radius 2 is 2.18 bits per heavy atom. The van der Waals surface area contributed by atoms with Crippen molar-refractivity contribution in [2.24, 2.45) is 0 Å². The molecule has 0 heterocycles. The number of carboxylic acids is 1. The van der Waals surface area contributed by atoms with Crippen molar-refractivity contribution in [3.63, 3.8) is 0 Å². The van der Waals surface area contributed by atoms with E-state index in [0.29, 0.717) is 5.56 Å². The maximum atomic E-state index is 13.3. The van der Waals surface area contributed by atoms with Crippen LogP contribution in [0.2, 0.25) is 0 Å². The molecule has 0 aliphatic heterocycles. The predicted molar refractivity (Wildman–Crippen MR) is 80.0 cm³/mol. The number of hydrogen-bond acceptors (Lipinski definition) is 3. The third-order valence-electron chi connectivity index (χ3n) is 3.24. The molecule has 6 heteroatoms. The average Bonchev–Trinajstić information content (AvgIpc) is 2.46. The highest BCUT2D eigenvalue weighted by Crippen LogP contribution is 2.24. The molecule has 0 spiro atoms. The summed E-state index contributed by atoms with van der Waals surface area (Å²) in [5.74, 6) is -2.18. The highest BCUT2D eigenvalue weighted by atomic mass is 19.1. The maximum Gasteiger partial charge on any atom is 0.328 e. The minimum Gasteiger partial charge on any atom is -0.480 e. The van der Waals surface area contributed by atoms with Crippen molar-refractivity contribution in [3.8, 4) is 0 Å². The first-order valence-electron chi connectivity index (χ1n) is 6.77. The van der Waals surface area contributed by atoms with Gasteiger partial charge in [-0.05, 0) is 31.5 Å². The molecule has 1 unspecified atom stereocenters. The van der Waals surface area contributed by atoms with Crippen molar-refractivity contribution in [1.82, 2.24) is 5.32 Å². The third kappa shape index (κ3) is 4.66. The summed E-state index contributed by atoms with van der Waals surface area (Å²) in [6.45, 7) is 6.66. The summed E-state index contributed by atoms with van der Waals surface area (Å²) in [5, 5.41) is 11.5. The second kappa shape index (κ2) is 7.70. The van der Waals surface area contributed by atoms with Crippen LogP contribution in [0.3, 0.4) is 0 Å². The molecule has 2 N–H and O–H groups in total. The van der Waals surface area contributed by atoms with E-state index >= 15 is 0 Å². The summed E-state index contributed by atoms with van der Waals surface area (Å²) in [4.78, 5) is 23.5. The number of rotatable bonds is 8. The largest absolute Gasteiger partial charge is 0.480 e. The van der Waals surface area contributed by atoms with E-state index in [1.54, 1.807) is 19.9 Å². The van der Waals surface area contributed by atoms with Crippen molar-refractivity contribution in [2.75, 3.05) is 13.2 Å². The smallest absolute Gasteiger partial charge is 0.328 e. The van der Waals surface area contributed by atoms with Gasteiger partial charge in [0.1, 0.15) is 5.82 Å². The quantitative estimate of drug-likeness (QED) is 0.568. The lowest BCUT2D eigenvalue weighted by Gasteiger charge is -2.26. The lowest BCUT2D eigenvalue weighted by molar-refractivity contribution is -0.144. The first kappa shape index (κ1) is 17.8. The van der Waals surface area contributed by atoms with Gasteiger partial charge in [0.25, 0.3) is 0 Å². The summed E-state index contributed by atoms with van der Waals surface area (Å²) < 4.78 is 18.4. The molecule has 120 valence electrons. The van der Waals surface area contributed by atoms with Crippen LogP contribution in [0.15, 0.2) is 36.9 Å². The molecule has 5 nitrogen and oxygen atoms in total. The minimum absolute atomic E-state index is 0.174. The number of aliphatic carboxylic acids is 1. The molecule has 0 aliphatic carbocycles. The highest BCUT2D eigenvalue weighted by molar-refractivity contribution is 5.90. The van der Waals surface area contributed by atoms with Crippen LogP contribution in [0.1, 0.15) is 19.4 Å². The highest BCUT2D eigenvalue weighted by Gasteiger charge is 2.33. The van der Waals surface area contributed by atoms with Crippen LogP contribution in [0.25, 0.3) is 0 Å². The van der Waals surface area contributed by atoms with E-state index in [-0.39, 0.29) is 13.2 Å². The summed E-state index contributed by atoms with van der Waals surface area (Å²) in [7, 11) is 0. The molecular formula is C16H20FNO4. The Labute approximate surface area is 128 Å². The van der Waals surface area contributed by atoms with Crippen LogP contribution in [-0.4, -0.2) is 36.2 Å². The SMILES string of the molecule is C=CCOCC(NC(=O)C(C)(C)c1cccc(F)c1)C(=O)O. The second-order valence-electron chi connectivity index (χ2n) is 5.33. The number of nitrogens with one attached hydrogen (secondary N) is 1. The number of carbonyl (C=O) groups excluding carboxylic acids is 1. The van der Waals surface area contributed by atoms with Crippen LogP contribution in [0.5, 0.6) is 0 Å². The van der Waals surface area contributed by atoms with Gasteiger partial charge in [-0.3, -0.25) is 4.79 Å². The zero-order chi connectivity index (χ0) is 16.8. The van der Waals surface area contributed by atoms with E-state index in [1.165, 1.54) is 24.3 Å². The molecule has 1 atom stereocenters. The van der Waals surface area contributed by atoms with Gasteiger partial charge in [0, 0.05) is 0 Å².